The Bertz CT molecular complexity index is 804. The molecule has 0 unspecified atom stereocenters. The van der Waals surface area contributed by atoms with Gasteiger partial charge in [-0.05, 0) is 24.6 Å². The molecule has 0 spiro atoms. The van der Waals surface area contributed by atoms with Crippen molar-refractivity contribution in [2.24, 2.45) is 0 Å². The van der Waals surface area contributed by atoms with Crippen molar-refractivity contribution in [2.45, 2.75) is 11.8 Å². The van der Waals surface area contributed by atoms with Gasteiger partial charge in [-0.15, -0.1) is 0 Å². The van der Waals surface area contributed by atoms with Gasteiger partial charge in [-0.2, -0.15) is 8.42 Å². The molecule has 6 nitrogen and oxygen atoms in total. The maximum atomic E-state index is 13.4. The van der Waals surface area contributed by atoms with Gasteiger partial charge in [0.25, 0.3) is 5.69 Å². The van der Waals surface area contributed by atoms with Crippen molar-refractivity contribution in [2.75, 3.05) is 0 Å². The molecule has 0 aliphatic rings. The van der Waals surface area contributed by atoms with Gasteiger partial charge < -0.3 is 4.18 Å². The lowest BCUT2D eigenvalue weighted by Crippen LogP contribution is -2.12. The van der Waals surface area contributed by atoms with Gasteiger partial charge in [0.15, 0.2) is 11.6 Å². The summed E-state index contributed by atoms with van der Waals surface area (Å²) in [6.07, 6.45) is 0. The summed E-state index contributed by atoms with van der Waals surface area (Å²) in [5.41, 5.74) is -0.131. The Morgan fingerprint density at radius 1 is 1.19 bits per heavy atom. The van der Waals surface area contributed by atoms with Crippen LogP contribution in [-0.4, -0.2) is 13.3 Å². The van der Waals surface area contributed by atoms with E-state index < -0.39 is 32.3 Å². The van der Waals surface area contributed by atoms with Crippen LogP contribution in [0.15, 0.2) is 47.4 Å². The first-order valence-corrected chi connectivity index (χ1v) is 7.16. The molecule has 0 atom stereocenters. The molecule has 8 heteroatoms. The summed E-state index contributed by atoms with van der Waals surface area (Å²) in [5.74, 6) is -1.31. The second-order valence-corrected chi connectivity index (χ2v) is 5.69. The molecule has 0 fully saturated rings. The number of halogens is 1. The van der Waals surface area contributed by atoms with Crippen LogP contribution in [0, 0.1) is 22.9 Å². The number of para-hydroxylation sites is 1. The molecule has 0 bridgehead atoms. The topological polar surface area (TPSA) is 86.5 Å². The molecule has 0 heterocycles. The second-order valence-electron chi connectivity index (χ2n) is 4.17. The van der Waals surface area contributed by atoms with Gasteiger partial charge in [0.05, 0.1) is 4.92 Å². The molecule has 0 radical (unpaired) electrons. The minimum atomic E-state index is -4.37. The van der Waals surface area contributed by atoms with Crippen LogP contribution < -0.4 is 4.18 Å². The molecule has 0 saturated carbocycles. The molecular weight excluding hydrogens is 301 g/mol. The molecular formula is C13H10FNO5S. The summed E-state index contributed by atoms with van der Waals surface area (Å²) in [6.45, 7) is 1.46. The first-order valence-electron chi connectivity index (χ1n) is 5.75. The molecule has 2 aromatic rings. The van der Waals surface area contributed by atoms with Crippen LogP contribution in [0.25, 0.3) is 0 Å². The molecule has 0 aromatic heterocycles. The number of nitro benzene ring substituents is 1. The molecule has 110 valence electrons. The Morgan fingerprint density at radius 2 is 1.86 bits per heavy atom. The van der Waals surface area contributed by atoms with Crippen LogP contribution in [0.5, 0.6) is 5.75 Å². The minimum Gasteiger partial charge on any atom is -0.376 e. The van der Waals surface area contributed by atoms with Crippen molar-refractivity contribution < 1.29 is 21.9 Å². The van der Waals surface area contributed by atoms with E-state index in [0.29, 0.717) is 0 Å². The van der Waals surface area contributed by atoms with Gasteiger partial charge in [0.2, 0.25) is 0 Å². The number of nitro groups is 1. The first kappa shape index (κ1) is 14.9. The van der Waals surface area contributed by atoms with Gasteiger partial charge in [-0.1, -0.05) is 18.2 Å². The molecule has 0 N–H and O–H groups in total. The standard InChI is InChI=1S/C13H10FNO5S/c1-9-6-7-10(15(16)17)8-13(9)21(18,19)20-12-5-3-2-4-11(12)14/h2-8H,1H3. The maximum absolute atomic E-state index is 13.4. The average Bonchev–Trinajstić information content (AvgIpc) is 2.41. The maximum Gasteiger partial charge on any atom is 0.339 e. The fraction of sp³-hybridized carbons (Fsp3) is 0.0769. The largest absolute Gasteiger partial charge is 0.376 e. The molecule has 0 aliphatic carbocycles. The SMILES string of the molecule is Cc1ccc([N+](=O)[O-])cc1S(=O)(=O)Oc1ccccc1F. The van der Waals surface area contributed by atoms with Crippen molar-refractivity contribution in [3.05, 3.63) is 64.0 Å². The summed E-state index contributed by atoms with van der Waals surface area (Å²) in [5, 5.41) is 10.7. The zero-order valence-electron chi connectivity index (χ0n) is 10.8. The smallest absolute Gasteiger partial charge is 0.339 e. The number of benzene rings is 2. The van der Waals surface area contributed by atoms with Crippen LogP contribution in [-0.2, 0) is 10.1 Å². The zero-order valence-corrected chi connectivity index (χ0v) is 11.6. The van der Waals surface area contributed by atoms with E-state index in [1.807, 2.05) is 0 Å². The summed E-state index contributed by atoms with van der Waals surface area (Å²) < 4.78 is 42.4. The fourth-order valence-electron chi connectivity index (χ4n) is 1.65. The van der Waals surface area contributed by atoms with Crippen LogP contribution in [0.2, 0.25) is 0 Å². The van der Waals surface area contributed by atoms with Crippen LogP contribution in [0.4, 0.5) is 10.1 Å². The summed E-state index contributed by atoms with van der Waals surface area (Å²) in [6, 6.07) is 8.34. The summed E-state index contributed by atoms with van der Waals surface area (Å²) in [4.78, 5) is 9.62. The molecule has 2 aromatic carbocycles. The van der Waals surface area contributed by atoms with E-state index in [4.69, 9.17) is 4.18 Å². The normalized spacial score (nSPS) is 11.1. The summed E-state index contributed by atoms with van der Waals surface area (Å²) in [7, 11) is -4.37. The van der Waals surface area contributed by atoms with Crippen molar-refractivity contribution >= 4 is 15.8 Å². The van der Waals surface area contributed by atoms with E-state index in [-0.39, 0.29) is 10.5 Å². The quantitative estimate of drug-likeness (QED) is 0.492. The van der Waals surface area contributed by atoms with E-state index in [9.17, 15) is 22.9 Å². The number of hydrogen-bond acceptors (Lipinski definition) is 5. The Morgan fingerprint density at radius 3 is 2.48 bits per heavy atom. The third-order valence-electron chi connectivity index (χ3n) is 2.69. The Labute approximate surface area is 120 Å². The van der Waals surface area contributed by atoms with Gasteiger partial charge >= 0.3 is 10.1 Å². The van der Waals surface area contributed by atoms with E-state index in [1.54, 1.807) is 0 Å². The van der Waals surface area contributed by atoms with E-state index >= 15 is 0 Å². The van der Waals surface area contributed by atoms with Gasteiger partial charge in [-0.25, -0.2) is 4.39 Å². The van der Waals surface area contributed by atoms with Crippen LogP contribution >= 0.6 is 0 Å². The predicted molar refractivity (Wildman–Crippen MR) is 72.0 cm³/mol. The molecule has 21 heavy (non-hydrogen) atoms. The monoisotopic (exact) mass is 311 g/mol. The number of rotatable bonds is 4. The lowest BCUT2D eigenvalue weighted by molar-refractivity contribution is -0.385. The fourth-order valence-corrected chi connectivity index (χ4v) is 2.84. The molecule has 0 saturated heterocycles. The predicted octanol–water partition coefficient (Wildman–Crippen LogP) is 2.81. The Hall–Kier alpha value is -2.48. The number of nitrogens with zero attached hydrogens (tertiary/aromatic N) is 1. The lowest BCUT2D eigenvalue weighted by Gasteiger charge is -2.09. The number of hydrogen-bond donors (Lipinski definition) is 0. The van der Waals surface area contributed by atoms with E-state index in [0.717, 1.165) is 18.2 Å². The first-order chi connectivity index (χ1) is 9.81. The van der Waals surface area contributed by atoms with Gasteiger partial charge in [0, 0.05) is 12.1 Å². The third-order valence-corrected chi connectivity index (χ3v) is 4.07. The molecule has 0 amide bonds. The number of aryl methyl sites for hydroxylation is 1. The Balaban J connectivity index is 2.47. The second kappa shape index (κ2) is 5.49. The van der Waals surface area contributed by atoms with E-state index in [2.05, 4.69) is 0 Å². The van der Waals surface area contributed by atoms with E-state index in [1.165, 1.54) is 31.2 Å². The molecule has 2 rings (SSSR count). The third kappa shape index (κ3) is 3.16. The van der Waals surface area contributed by atoms with Crippen LogP contribution in [0.1, 0.15) is 5.56 Å². The van der Waals surface area contributed by atoms with Gasteiger partial charge in [-0.3, -0.25) is 10.1 Å². The van der Waals surface area contributed by atoms with Gasteiger partial charge in [0.1, 0.15) is 4.90 Å². The van der Waals surface area contributed by atoms with Crippen molar-refractivity contribution in [1.29, 1.82) is 0 Å². The molecule has 0 aliphatic heterocycles. The highest BCUT2D eigenvalue weighted by Crippen LogP contribution is 2.26. The highest BCUT2D eigenvalue weighted by atomic mass is 32.2. The Kier molecular flexibility index (Phi) is 3.90. The summed E-state index contributed by atoms with van der Waals surface area (Å²) >= 11 is 0. The minimum absolute atomic E-state index is 0.261. The van der Waals surface area contributed by atoms with Crippen molar-refractivity contribution in [3.63, 3.8) is 0 Å². The average molecular weight is 311 g/mol. The number of non-ortho nitro benzene ring substituents is 1. The highest BCUT2D eigenvalue weighted by molar-refractivity contribution is 7.87. The highest BCUT2D eigenvalue weighted by Gasteiger charge is 2.23. The zero-order chi connectivity index (χ0) is 15.6. The lowest BCUT2D eigenvalue weighted by atomic mass is 10.2. The van der Waals surface area contributed by atoms with Crippen LogP contribution in [0.3, 0.4) is 0 Å². The van der Waals surface area contributed by atoms with Crippen molar-refractivity contribution in [1.82, 2.24) is 0 Å². The van der Waals surface area contributed by atoms with Crippen molar-refractivity contribution in [3.8, 4) is 5.75 Å².